The topological polar surface area (TPSA) is 79.7 Å². The van der Waals surface area contributed by atoms with Crippen molar-refractivity contribution in [1.82, 2.24) is 14.7 Å². The standard InChI is InChI=1S/C27H22BrCl2N5O3/c28-18-6-11-24(38-21-9-7-19(29)8-10-21)22(16-18)32-27(37)34-14-12-33(13-15-34)23-17-31-35(26(36)25(23)30)20-4-2-1-3-5-20/h1-11,16-17H,12-15H2,(H,32,37). The first-order valence-electron chi connectivity index (χ1n) is 11.8. The predicted octanol–water partition coefficient (Wildman–Crippen LogP) is 6.45. The molecule has 0 bridgehead atoms. The van der Waals surface area contributed by atoms with Crippen LogP contribution >= 0.6 is 39.1 Å². The van der Waals surface area contributed by atoms with Crippen molar-refractivity contribution in [3.8, 4) is 17.2 Å². The molecule has 8 nitrogen and oxygen atoms in total. The van der Waals surface area contributed by atoms with Gasteiger partial charge in [0.25, 0.3) is 5.56 Å². The normalized spacial score (nSPS) is 13.3. The number of halogens is 3. The molecular weight excluding hydrogens is 593 g/mol. The van der Waals surface area contributed by atoms with E-state index in [1.54, 1.807) is 59.6 Å². The van der Waals surface area contributed by atoms with Gasteiger partial charge in [0.1, 0.15) is 10.8 Å². The van der Waals surface area contributed by atoms with Crippen molar-refractivity contribution < 1.29 is 9.53 Å². The molecule has 11 heteroatoms. The molecule has 38 heavy (non-hydrogen) atoms. The number of nitrogens with zero attached hydrogens (tertiary/aromatic N) is 4. The lowest BCUT2D eigenvalue weighted by molar-refractivity contribution is 0.208. The maximum atomic E-state index is 13.1. The van der Waals surface area contributed by atoms with Crippen molar-refractivity contribution in [2.75, 3.05) is 36.4 Å². The highest BCUT2D eigenvalue weighted by Gasteiger charge is 2.25. The molecule has 1 aliphatic heterocycles. The molecule has 0 atom stereocenters. The Morgan fingerprint density at radius 2 is 1.66 bits per heavy atom. The molecule has 0 saturated carbocycles. The van der Waals surface area contributed by atoms with Crippen LogP contribution in [-0.2, 0) is 0 Å². The molecule has 1 aliphatic rings. The van der Waals surface area contributed by atoms with Gasteiger partial charge in [0.05, 0.1) is 23.3 Å². The highest BCUT2D eigenvalue weighted by Crippen LogP contribution is 2.33. The summed E-state index contributed by atoms with van der Waals surface area (Å²) in [4.78, 5) is 29.6. The molecule has 4 aromatic rings. The van der Waals surface area contributed by atoms with E-state index in [2.05, 4.69) is 26.3 Å². The SMILES string of the molecule is O=C(Nc1cc(Br)ccc1Oc1ccc(Cl)cc1)N1CCN(c2cnn(-c3ccccc3)c(=O)c2Cl)CC1. The van der Waals surface area contributed by atoms with Crippen LogP contribution in [-0.4, -0.2) is 46.9 Å². The van der Waals surface area contributed by atoms with Gasteiger partial charge in [-0.2, -0.15) is 9.78 Å². The molecule has 1 aromatic heterocycles. The van der Waals surface area contributed by atoms with Gasteiger partial charge in [0, 0.05) is 35.7 Å². The molecule has 5 rings (SSSR count). The summed E-state index contributed by atoms with van der Waals surface area (Å²) in [6.07, 6.45) is 1.59. The van der Waals surface area contributed by atoms with Crippen molar-refractivity contribution >= 4 is 56.5 Å². The fourth-order valence-electron chi connectivity index (χ4n) is 4.06. The van der Waals surface area contributed by atoms with E-state index in [9.17, 15) is 9.59 Å². The monoisotopic (exact) mass is 613 g/mol. The number of carbonyl (C=O) groups is 1. The minimum absolute atomic E-state index is 0.0971. The van der Waals surface area contributed by atoms with E-state index in [0.717, 1.165) is 4.47 Å². The van der Waals surface area contributed by atoms with E-state index in [1.165, 1.54) is 4.68 Å². The zero-order valence-corrected chi connectivity index (χ0v) is 23.1. The first kappa shape index (κ1) is 26.1. The number of para-hydroxylation sites is 1. The highest BCUT2D eigenvalue weighted by atomic mass is 79.9. The highest BCUT2D eigenvalue weighted by molar-refractivity contribution is 9.10. The zero-order valence-electron chi connectivity index (χ0n) is 20.0. The fourth-order valence-corrected chi connectivity index (χ4v) is 4.80. The average Bonchev–Trinajstić information content (AvgIpc) is 2.93. The van der Waals surface area contributed by atoms with Gasteiger partial charge in [-0.05, 0) is 54.6 Å². The maximum Gasteiger partial charge on any atom is 0.322 e. The number of anilines is 2. The summed E-state index contributed by atoms with van der Waals surface area (Å²) in [7, 11) is 0. The number of urea groups is 1. The summed E-state index contributed by atoms with van der Waals surface area (Å²) in [5.74, 6) is 1.10. The Morgan fingerprint density at radius 1 is 0.947 bits per heavy atom. The third-order valence-corrected chi connectivity index (χ3v) is 7.13. The van der Waals surface area contributed by atoms with Crippen molar-refractivity contribution in [1.29, 1.82) is 0 Å². The van der Waals surface area contributed by atoms with E-state index in [1.807, 2.05) is 29.2 Å². The Kier molecular flexibility index (Phi) is 7.87. The number of aromatic nitrogens is 2. The van der Waals surface area contributed by atoms with Crippen LogP contribution in [0.25, 0.3) is 5.69 Å². The molecule has 0 aliphatic carbocycles. The molecule has 2 heterocycles. The molecule has 194 valence electrons. The fraction of sp³-hybridized carbons (Fsp3) is 0.148. The summed E-state index contributed by atoms with van der Waals surface area (Å²) >= 11 is 15.9. The second-order valence-electron chi connectivity index (χ2n) is 8.50. The molecule has 0 radical (unpaired) electrons. The minimum atomic E-state index is -0.390. The number of carbonyl (C=O) groups excluding carboxylic acids is 1. The van der Waals surface area contributed by atoms with Gasteiger partial charge in [0.2, 0.25) is 0 Å². The Hall–Kier alpha value is -3.53. The summed E-state index contributed by atoms with van der Waals surface area (Å²) in [5, 5.41) is 7.96. The van der Waals surface area contributed by atoms with Crippen molar-refractivity contribution in [3.63, 3.8) is 0 Å². The van der Waals surface area contributed by atoms with Gasteiger partial charge in [-0.25, -0.2) is 4.79 Å². The van der Waals surface area contributed by atoms with E-state index < -0.39 is 5.56 Å². The number of benzene rings is 3. The molecule has 2 amide bonds. The minimum Gasteiger partial charge on any atom is -0.455 e. The van der Waals surface area contributed by atoms with Crippen LogP contribution in [0.5, 0.6) is 11.5 Å². The van der Waals surface area contributed by atoms with Crippen LogP contribution in [0.1, 0.15) is 0 Å². The van der Waals surface area contributed by atoms with Crippen molar-refractivity contribution in [2.24, 2.45) is 0 Å². The van der Waals surface area contributed by atoms with Crippen LogP contribution in [0.3, 0.4) is 0 Å². The number of ether oxygens (including phenoxy) is 1. The number of rotatable bonds is 5. The average molecular weight is 615 g/mol. The lowest BCUT2D eigenvalue weighted by Gasteiger charge is -2.36. The van der Waals surface area contributed by atoms with Crippen LogP contribution in [0.2, 0.25) is 10.0 Å². The molecule has 1 fully saturated rings. The largest absolute Gasteiger partial charge is 0.455 e. The Labute approximate surface area is 237 Å². The zero-order chi connectivity index (χ0) is 26.6. The molecule has 0 spiro atoms. The van der Waals surface area contributed by atoms with Gasteiger partial charge in [-0.1, -0.05) is 57.3 Å². The third-order valence-electron chi connectivity index (χ3n) is 6.03. The predicted molar refractivity (Wildman–Crippen MR) is 153 cm³/mol. The second kappa shape index (κ2) is 11.5. The van der Waals surface area contributed by atoms with E-state index in [4.69, 9.17) is 27.9 Å². The van der Waals surface area contributed by atoms with Gasteiger partial charge < -0.3 is 19.9 Å². The summed E-state index contributed by atoms with van der Waals surface area (Å²) in [6.45, 7) is 1.86. The number of nitrogens with one attached hydrogen (secondary N) is 1. The van der Waals surface area contributed by atoms with Crippen LogP contribution in [0, 0.1) is 0 Å². The van der Waals surface area contributed by atoms with Gasteiger partial charge in [-0.3, -0.25) is 4.79 Å². The molecule has 1 saturated heterocycles. The van der Waals surface area contributed by atoms with E-state index >= 15 is 0 Å². The van der Waals surface area contributed by atoms with Crippen LogP contribution in [0.4, 0.5) is 16.2 Å². The van der Waals surface area contributed by atoms with Gasteiger partial charge >= 0.3 is 6.03 Å². The Morgan fingerprint density at radius 3 is 2.37 bits per heavy atom. The molecule has 3 aromatic carbocycles. The summed E-state index contributed by atoms with van der Waals surface area (Å²) < 4.78 is 8.05. The Balaban J connectivity index is 1.25. The lowest BCUT2D eigenvalue weighted by atomic mass is 10.2. The summed E-state index contributed by atoms with van der Waals surface area (Å²) in [5.41, 5.74) is 1.32. The first-order valence-corrected chi connectivity index (χ1v) is 13.3. The molecule has 1 N–H and O–H groups in total. The van der Waals surface area contributed by atoms with Crippen LogP contribution < -0.4 is 20.5 Å². The number of hydrogen-bond donors (Lipinski definition) is 1. The smallest absolute Gasteiger partial charge is 0.322 e. The lowest BCUT2D eigenvalue weighted by Crippen LogP contribution is -2.50. The third kappa shape index (κ3) is 5.80. The number of amides is 2. The molecule has 0 unspecified atom stereocenters. The van der Waals surface area contributed by atoms with E-state index in [0.29, 0.717) is 59.8 Å². The van der Waals surface area contributed by atoms with E-state index in [-0.39, 0.29) is 11.1 Å². The second-order valence-corrected chi connectivity index (χ2v) is 10.2. The molecular formula is C27H22BrCl2N5O3. The quantitative estimate of drug-likeness (QED) is 0.280. The Bertz CT molecular complexity index is 1510. The van der Waals surface area contributed by atoms with Gasteiger partial charge in [0.15, 0.2) is 5.75 Å². The summed E-state index contributed by atoms with van der Waals surface area (Å²) in [6, 6.07) is 21.2. The number of piperazine rings is 1. The van der Waals surface area contributed by atoms with Gasteiger partial charge in [-0.15, -0.1) is 0 Å². The number of hydrogen-bond acceptors (Lipinski definition) is 5. The van der Waals surface area contributed by atoms with Crippen LogP contribution in [0.15, 0.2) is 88.3 Å². The maximum absolute atomic E-state index is 13.1. The van der Waals surface area contributed by atoms with Crippen molar-refractivity contribution in [3.05, 3.63) is 104 Å². The van der Waals surface area contributed by atoms with Crippen molar-refractivity contribution in [2.45, 2.75) is 0 Å². The first-order chi connectivity index (χ1) is 18.4.